The first-order valence-electron chi connectivity index (χ1n) is 5.47. The molecule has 19 heavy (non-hydrogen) atoms. The van der Waals surface area contributed by atoms with Crippen LogP contribution < -0.4 is 5.73 Å². The standard InChI is InChI=1S/C11H11N5O2S/c1-2-18-11(17)7-5-14-16(6-7)10-8(9(12)19)3-4-13-15-10/h3-6H,2H2,1H3,(H2,12,19). The van der Waals surface area contributed by atoms with Crippen molar-refractivity contribution < 1.29 is 9.53 Å². The van der Waals surface area contributed by atoms with Gasteiger partial charge < -0.3 is 10.5 Å². The van der Waals surface area contributed by atoms with E-state index in [9.17, 15) is 4.79 Å². The second-order valence-electron chi connectivity index (χ2n) is 3.53. The van der Waals surface area contributed by atoms with Crippen LogP contribution in [0.4, 0.5) is 0 Å². The molecule has 0 aliphatic rings. The van der Waals surface area contributed by atoms with E-state index in [-0.39, 0.29) is 4.99 Å². The number of aromatic nitrogens is 4. The molecular weight excluding hydrogens is 266 g/mol. The summed E-state index contributed by atoms with van der Waals surface area (Å²) in [5, 5.41) is 11.7. The van der Waals surface area contributed by atoms with E-state index >= 15 is 0 Å². The summed E-state index contributed by atoms with van der Waals surface area (Å²) in [6, 6.07) is 1.64. The van der Waals surface area contributed by atoms with E-state index in [1.54, 1.807) is 13.0 Å². The fraction of sp³-hybridized carbons (Fsp3) is 0.182. The number of carbonyl (C=O) groups is 1. The Morgan fingerprint density at radius 3 is 3.05 bits per heavy atom. The number of hydrogen-bond acceptors (Lipinski definition) is 6. The third-order valence-corrected chi connectivity index (χ3v) is 2.50. The average Bonchev–Trinajstić information content (AvgIpc) is 2.88. The molecule has 0 aliphatic heterocycles. The van der Waals surface area contributed by atoms with Gasteiger partial charge >= 0.3 is 5.97 Å². The first kappa shape index (κ1) is 13.1. The van der Waals surface area contributed by atoms with Crippen molar-refractivity contribution in [1.82, 2.24) is 20.0 Å². The van der Waals surface area contributed by atoms with E-state index in [4.69, 9.17) is 22.7 Å². The molecule has 2 aromatic heterocycles. The predicted molar refractivity (Wildman–Crippen MR) is 71.0 cm³/mol. The minimum atomic E-state index is -0.450. The minimum Gasteiger partial charge on any atom is -0.462 e. The first-order chi connectivity index (χ1) is 9.13. The van der Waals surface area contributed by atoms with Crippen molar-refractivity contribution in [2.75, 3.05) is 6.61 Å². The summed E-state index contributed by atoms with van der Waals surface area (Å²) in [4.78, 5) is 11.7. The van der Waals surface area contributed by atoms with Crippen LogP contribution in [0.25, 0.3) is 5.82 Å². The number of esters is 1. The lowest BCUT2D eigenvalue weighted by atomic mass is 10.3. The van der Waals surface area contributed by atoms with E-state index in [0.717, 1.165) is 0 Å². The number of rotatable bonds is 4. The normalized spacial score (nSPS) is 10.2. The monoisotopic (exact) mass is 277 g/mol. The molecule has 2 aromatic rings. The summed E-state index contributed by atoms with van der Waals surface area (Å²) in [6.07, 6.45) is 4.35. The van der Waals surface area contributed by atoms with Crippen LogP contribution in [-0.2, 0) is 4.74 Å². The number of nitrogens with two attached hydrogens (primary N) is 1. The van der Waals surface area contributed by atoms with E-state index in [0.29, 0.717) is 23.6 Å². The molecule has 0 radical (unpaired) electrons. The van der Waals surface area contributed by atoms with Crippen molar-refractivity contribution in [2.45, 2.75) is 6.92 Å². The Morgan fingerprint density at radius 2 is 2.37 bits per heavy atom. The highest BCUT2D eigenvalue weighted by Gasteiger charge is 2.14. The summed E-state index contributed by atoms with van der Waals surface area (Å²) in [6.45, 7) is 2.03. The van der Waals surface area contributed by atoms with E-state index < -0.39 is 5.97 Å². The van der Waals surface area contributed by atoms with Gasteiger partial charge in [-0.3, -0.25) is 0 Å². The molecule has 2 heterocycles. The Balaban J connectivity index is 2.38. The molecular formula is C11H11N5O2S. The van der Waals surface area contributed by atoms with Gasteiger partial charge in [-0.15, -0.1) is 5.10 Å². The zero-order chi connectivity index (χ0) is 13.8. The van der Waals surface area contributed by atoms with Gasteiger partial charge in [0.1, 0.15) is 4.99 Å². The maximum absolute atomic E-state index is 11.5. The van der Waals surface area contributed by atoms with Crippen molar-refractivity contribution in [3.8, 4) is 5.82 Å². The molecule has 0 saturated heterocycles. The molecule has 0 saturated carbocycles. The molecule has 0 spiro atoms. The lowest BCUT2D eigenvalue weighted by Crippen LogP contribution is -2.15. The van der Waals surface area contributed by atoms with Crippen molar-refractivity contribution in [3.05, 3.63) is 35.8 Å². The molecule has 98 valence electrons. The zero-order valence-electron chi connectivity index (χ0n) is 10.1. The first-order valence-corrected chi connectivity index (χ1v) is 5.88. The SMILES string of the molecule is CCOC(=O)c1cnn(-c2nnccc2C(N)=S)c1. The second-order valence-corrected chi connectivity index (χ2v) is 3.97. The van der Waals surface area contributed by atoms with Gasteiger partial charge in [0.2, 0.25) is 0 Å². The van der Waals surface area contributed by atoms with Crippen molar-refractivity contribution in [3.63, 3.8) is 0 Å². The lowest BCUT2D eigenvalue weighted by Gasteiger charge is -2.04. The Labute approximate surface area is 114 Å². The highest BCUT2D eigenvalue weighted by molar-refractivity contribution is 7.80. The number of nitrogens with zero attached hydrogens (tertiary/aromatic N) is 4. The molecule has 2 N–H and O–H groups in total. The largest absolute Gasteiger partial charge is 0.462 e. The van der Waals surface area contributed by atoms with Crippen molar-refractivity contribution in [1.29, 1.82) is 0 Å². The fourth-order valence-corrected chi connectivity index (χ4v) is 1.60. The molecule has 0 amide bonds. The van der Waals surface area contributed by atoms with Crippen LogP contribution in [0, 0.1) is 0 Å². The van der Waals surface area contributed by atoms with Gasteiger partial charge in [0.15, 0.2) is 5.82 Å². The number of carbonyl (C=O) groups excluding carboxylic acids is 1. The predicted octanol–water partition coefficient (Wildman–Crippen LogP) is 0.473. The van der Waals surface area contributed by atoms with Crippen LogP contribution >= 0.6 is 12.2 Å². The fourth-order valence-electron chi connectivity index (χ4n) is 1.44. The molecule has 0 unspecified atom stereocenters. The summed E-state index contributed by atoms with van der Waals surface area (Å²) in [7, 11) is 0. The van der Waals surface area contributed by atoms with Crippen molar-refractivity contribution in [2.24, 2.45) is 5.73 Å². The third kappa shape index (κ3) is 2.74. The van der Waals surface area contributed by atoms with Crippen molar-refractivity contribution >= 4 is 23.2 Å². The maximum atomic E-state index is 11.5. The maximum Gasteiger partial charge on any atom is 0.341 e. The van der Waals surface area contributed by atoms with E-state index in [1.165, 1.54) is 23.3 Å². The van der Waals surface area contributed by atoms with E-state index in [2.05, 4.69) is 15.3 Å². The molecule has 2 rings (SSSR count). The Hall–Kier alpha value is -2.35. The number of ether oxygens (including phenoxy) is 1. The van der Waals surface area contributed by atoms with Crippen LogP contribution in [-0.4, -0.2) is 37.5 Å². The molecule has 0 aromatic carbocycles. The van der Waals surface area contributed by atoms with Crippen LogP contribution in [0.1, 0.15) is 22.8 Å². The molecule has 0 fully saturated rings. The number of thiocarbonyl (C=S) groups is 1. The van der Waals surface area contributed by atoms with E-state index in [1.807, 2.05) is 0 Å². The van der Waals surface area contributed by atoms with Gasteiger partial charge in [-0.25, -0.2) is 9.48 Å². The molecule has 0 atom stereocenters. The Morgan fingerprint density at radius 1 is 1.58 bits per heavy atom. The van der Waals surface area contributed by atoms with Crippen LogP contribution in [0.2, 0.25) is 0 Å². The van der Waals surface area contributed by atoms with Gasteiger partial charge in [0.25, 0.3) is 0 Å². The number of hydrogen-bond donors (Lipinski definition) is 1. The molecule has 7 nitrogen and oxygen atoms in total. The summed E-state index contributed by atoms with van der Waals surface area (Å²) < 4.78 is 6.26. The van der Waals surface area contributed by atoms with Gasteiger partial charge in [-0.05, 0) is 13.0 Å². The van der Waals surface area contributed by atoms with Gasteiger partial charge in [0, 0.05) is 6.20 Å². The molecule has 8 heteroatoms. The zero-order valence-corrected chi connectivity index (χ0v) is 10.9. The molecule has 0 bridgehead atoms. The van der Waals surface area contributed by atoms with Crippen LogP contribution in [0.5, 0.6) is 0 Å². The topological polar surface area (TPSA) is 95.9 Å². The quantitative estimate of drug-likeness (QED) is 0.641. The average molecular weight is 277 g/mol. The van der Waals surface area contributed by atoms with Gasteiger partial charge in [0.05, 0.1) is 30.1 Å². The smallest absolute Gasteiger partial charge is 0.341 e. The highest BCUT2D eigenvalue weighted by Crippen LogP contribution is 2.11. The summed E-state index contributed by atoms with van der Waals surface area (Å²) >= 11 is 4.93. The second kappa shape index (κ2) is 5.53. The van der Waals surface area contributed by atoms with Crippen LogP contribution in [0.15, 0.2) is 24.7 Å². The molecule has 0 aliphatic carbocycles. The minimum absolute atomic E-state index is 0.179. The van der Waals surface area contributed by atoms with Crippen LogP contribution in [0.3, 0.4) is 0 Å². The lowest BCUT2D eigenvalue weighted by molar-refractivity contribution is 0.0526. The Kier molecular flexibility index (Phi) is 3.81. The van der Waals surface area contributed by atoms with Gasteiger partial charge in [-0.1, -0.05) is 12.2 Å². The summed E-state index contributed by atoms with van der Waals surface area (Å²) in [5.74, 6) is -0.0833. The van der Waals surface area contributed by atoms with Gasteiger partial charge in [-0.2, -0.15) is 10.2 Å². The third-order valence-electron chi connectivity index (χ3n) is 2.28. The Bertz CT molecular complexity index is 625. The summed E-state index contributed by atoms with van der Waals surface area (Å²) in [5.41, 5.74) is 6.45. The highest BCUT2D eigenvalue weighted by atomic mass is 32.1.